The van der Waals surface area contributed by atoms with Crippen molar-refractivity contribution in [1.82, 2.24) is 5.32 Å². The first-order valence-corrected chi connectivity index (χ1v) is 4.41. The third kappa shape index (κ3) is 1.90. The van der Waals surface area contributed by atoms with Crippen LogP contribution in [0, 0.1) is 0 Å². The Morgan fingerprint density at radius 3 is 2.79 bits per heavy atom. The number of hydrogen-bond acceptors (Lipinski definition) is 3. The van der Waals surface area contributed by atoms with E-state index in [1.165, 1.54) is 0 Å². The summed E-state index contributed by atoms with van der Waals surface area (Å²) in [6.07, 6.45) is 0.665. The molecule has 0 saturated heterocycles. The topological polar surface area (TPSA) is 50.7 Å². The molecule has 0 radical (unpaired) electrons. The van der Waals surface area contributed by atoms with E-state index in [9.17, 15) is 4.79 Å². The second kappa shape index (κ2) is 3.91. The molecule has 0 atom stereocenters. The minimum absolute atomic E-state index is 0.144. The van der Waals surface area contributed by atoms with Crippen molar-refractivity contribution in [3.63, 3.8) is 0 Å². The SMILES string of the molecule is O=C(NC1=NOCC1)c1ccccc1. The summed E-state index contributed by atoms with van der Waals surface area (Å²) in [7, 11) is 0. The number of carbonyl (C=O) groups excluding carboxylic acids is 1. The summed E-state index contributed by atoms with van der Waals surface area (Å²) in [5.74, 6) is 0.453. The van der Waals surface area contributed by atoms with Gasteiger partial charge in [0, 0.05) is 12.0 Å². The van der Waals surface area contributed by atoms with Gasteiger partial charge in [-0.15, -0.1) is 0 Å². The molecule has 0 spiro atoms. The van der Waals surface area contributed by atoms with Crippen LogP contribution in [0.15, 0.2) is 35.5 Å². The normalized spacial score (nSPS) is 14.4. The van der Waals surface area contributed by atoms with E-state index in [1.807, 2.05) is 18.2 Å². The molecule has 0 unspecified atom stereocenters. The second-order valence-electron chi connectivity index (χ2n) is 2.94. The number of amidine groups is 1. The molecule has 0 saturated carbocycles. The Morgan fingerprint density at radius 2 is 2.14 bits per heavy atom. The molecule has 1 aliphatic heterocycles. The van der Waals surface area contributed by atoms with Crippen LogP contribution in [0.1, 0.15) is 16.8 Å². The first-order chi connectivity index (χ1) is 6.86. The van der Waals surface area contributed by atoms with E-state index in [0.29, 0.717) is 24.4 Å². The van der Waals surface area contributed by atoms with E-state index >= 15 is 0 Å². The lowest BCUT2D eigenvalue weighted by Crippen LogP contribution is -2.29. The van der Waals surface area contributed by atoms with Crippen LogP contribution in [0.2, 0.25) is 0 Å². The molecule has 4 heteroatoms. The van der Waals surface area contributed by atoms with Gasteiger partial charge < -0.3 is 10.2 Å². The molecule has 2 rings (SSSR count). The number of carbonyl (C=O) groups is 1. The summed E-state index contributed by atoms with van der Waals surface area (Å²) in [6.45, 7) is 0.546. The highest BCUT2D eigenvalue weighted by Gasteiger charge is 2.12. The summed E-state index contributed by atoms with van der Waals surface area (Å²) in [5, 5.41) is 6.37. The van der Waals surface area contributed by atoms with E-state index < -0.39 is 0 Å². The van der Waals surface area contributed by atoms with Crippen molar-refractivity contribution in [3.8, 4) is 0 Å². The fourth-order valence-corrected chi connectivity index (χ4v) is 1.19. The third-order valence-corrected chi connectivity index (χ3v) is 1.90. The lowest BCUT2D eigenvalue weighted by Gasteiger charge is -2.01. The first-order valence-electron chi connectivity index (χ1n) is 4.41. The van der Waals surface area contributed by atoms with Crippen molar-refractivity contribution >= 4 is 11.7 Å². The summed E-state index contributed by atoms with van der Waals surface area (Å²) in [5.41, 5.74) is 0.627. The minimum Gasteiger partial charge on any atom is -0.394 e. The molecular weight excluding hydrogens is 180 g/mol. The van der Waals surface area contributed by atoms with Crippen LogP contribution in [0.3, 0.4) is 0 Å². The summed E-state index contributed by atoms with van der Waals surface area (Å²) in [6, 6.07) is 9.02. The molecule has 1 heterocycles. The highest BCUT2D eigenvalue weighted by molar-refractivity contribution is 6.06. The van der Waals surface area contributed by atoms with Crippen LogP contribution < -0.4 is 5.32 Å². The van der Waals surface area contributed by atoms with Gasteiger partial charge >= 0.3 is 0 Å². The molecule has 14 heavy (non-hydrogen) atoms. The summed E-state index contributed by atoms with van der Waals surface area (Å²) >= 11 is 0. The van der Waals surface area contributed by atoms with Gasteiger partial charge in [-0.3, -0.25) is 4.79 Å². The van der Waals surface area contributed by atoms with Crippen LogP contribution in [-0.4, -0.2) is 18.3 Å². The van der Waals surface area contributed by atoms with Gasteiger partial charge in [0.15, 0.2) is 5.84 Å². The predicted octanol–water partition coefficient (Wildman–Crippen LogP) is 1.15. The first kappa shape index (κ1) is 8.74. The van der Waals surface area contributed by atoms with Crippen LogP contribution in [-0.2, 0) is 4.84 Å². The largest absolute Gasteiger partial charge is 0.394 e. The molecule has 72 valence electrons. The average molecular weight is 190 g/mol. The van der Waals surface area contributed by atoms with Crippen molar-refractivity contribution < 1.29 is 9.63 Å². The summed E-state index contributed by atoms with van der Waals surface area (Å²) < 4.78 is 0. The Morgan fingerprint density at radius 1 is 1.36 bits per heavy atom. The van der Waals surface area contributed by atoms with Crippen molar-refractivity contribution in [3.05, 3.63) is 35.9 Å². The summed E-state index contributed by atoms with van der Waals surface area (Å²) in [4.78, 5) is 16.3. The molecule has 0 fully saturated rings. The van der Waals surface area contributed by atoms with Crippen molar-refractivity contribution in [1.29, 1.82) is 0 Å². The maximum absolute atomic E-state index is 11.6. The monoisotopic (exact) mass is 190 g/mol. The molecule has 1 aliphatic rings. The van der Waals surface area contributed by atoms with E-state index in [0.717, 1.165) is 0 Å². The lowest BCUT2D eigenvalue weighted by atomic mass is 10.2. The molecule has 1 N–H and O–H groups in total. The van der Waals surface area contributed by atoms with Gasteiger partial charge in [0.1, 0.15) is 6.61 Å². The van der Waals surface area contributed by atoms with Crippen LogP contribution in [0.25, 0.3) is 0 Å². The second-order valence-corrected chi connectivity index (χ2v) is 2.94. The minimum atomic E-state index is -0.144. The molecule has 1 amide bonds. The standard InChI is InChI=1S/C10H10N2O2/c13-10(8-4-2-1-3-5-8)11-9-6-7-14-12-9/h1-5H,6-7H2,(H,11,12,13). The zero-order chi connectivity index (χ0) is 9.80. The van der Waals surface area contributed by atoms with Crippen LogP contribution in [0.4, 0.5) is 0 Å². The van der Waals surface area contributed by atoms with Gasteiger partial charge in [-0.05, 0) is 12.1 Å². The van der Waals surface area contributed by atoms with E-state index in [-0.39, 0.29) is 5.91 Å². The van der Waals surface area contributed by atoms with Gasteiger partial charge in [-0.25, -0.2) is 0 Å². The van der Waals surface area contributed by atoms with E-state index in [2.05, 4.69) is 10.5 Å². The third-order valence-electron chi connectivity index (χ3n) is 1.90. The molecule has 1 aromatic rings. The number of benzene rings is 1. The smallest absolute Gasteiger partial charge is 0.256 e. The quantitative estimate of drug-likeness (QED) is 0.722. The number of nitrogens with zero attached hydrogens (tertiary/aromatic N) is 1. The zero-order valence-corrected chi connectivity index (χ0v) is 7.56. The molecule has 1 aromatic carbocycles. The highest BCUT2D eigenvalue weighted by atomic mass is 16.6. The number of hydrogen-bond donors (Lipinski definition) is 1. The Bertz CT molecular complexity index is 360. The zero-order valence-electron chi connectivity index (χ0n) is 7.56. The Kier molecular flexibility index (Phi) is 2.44. The maximum Gasteiger partial charge on any atom is 0.256 e. The average Bonchev–Trinajstić information content (AvgIpc) is 2.72. The Labute approximate surface area is 81.6 Å². The van der Waals surface area contributed by atoms with Gasteiger partial charge in [0.2, 0.25) is 0 Å². The predicted molar refractivity (Wildman–Crippen MR) is 51.9 cm³/mol. The van der Waals surface area contributed by atoms with E-state index in [1.54, 1.807) is 12.1 Å². The molecule has 0 aliphatic carbocycles. The maximum atomic E-state index is 11.6. The fourth-order valence-electron chi connectivity index (χ4n) is 1.19. The van der Waals surface area contributed by atoms with Gasteiger partial charge in [-0.2, -0.15) is 0 Å². The van der Waals surface area contributed by atoms with Gasteiger partial charge in [0.25, 0.3) is 5.91 Å². The van der Waals surface area contributed by atoms with Crippen molar-refractivity contribution in [2.45, 2.75) is 6.42 Å². The number of rotatable bonds is 1. The highest BCUT2D eigenvalue weighted by Crippen LogP contribution is 2.01. The molecule has 4 nitrogen and oxygen atoms in total. The van der Waals surface area contributed by atoms with Gasteiger partial charge in [-0.1, -0.05) is 23.4 Å². The van der Waals surface area contributed by atoms with Gasteiger partial charge in [0.05, 0.1) is 0 Å². The molecule has 0 aromatic heterocycles. The van der Waals surface area contributed by atoms with Crippen molar-refractivity contribution in [2.24, 2.45) is 5.16 Å². The number of oxime groups is 1. The molecular formula is C10H10N2O2. The van der Waals surface area contributed by atoms with Crippen LogP contribution in [0.5, 0.6) is 0 Å². The van der Waals surface area contributed by atoms with Crippen LogP contribution >= 0.6 is 0 Å². The molecule has 0 bridgehead atoms. The Hall–Kier alpha value is -1.84. The number of amides is 1. The lowest BCUT2D eigenvalue weighted by molar-refractivity contribution is 0.0976. The Balaban J connectivity index is 2.03. The van der Waals surface area contributed by atoms with Crippen molar-refractivity contribution in [2.75, 3.05) is 6.61 Å². The fraction of sp³-hybridized carbons (Fsp3) is 0.200. The van der Waals surface area contributed by atoms with E-state index in [4.69, 9.17) is 4.84 Å². The number of nitrogens with one attached hydrogen (secondary N) is 1.